The summed E-state index contributed by atoms with van der Waals surface area (Å²) in [6.07, 6.45) is 47.0. The van der Waals surface area contributed by atoms with Crippen molar-refractivity contribution in [3.63, 3.8) is 0 Å². The molecule has 0 aromatic rings. The van der Waals surface area contributed by atoms with Crippen molar-refractivity contribution in [1.29, 1.82) is 0 Å². The average molecular weight is 796 g/mol. The van der Waals surface area contributed by atoms with E-state index in [1.54, 1.807) is 0 Å². The summed E-state index contributed by atoms with van der Waals surface area (Å²) in [5.41, 5.74) is 0. The summed E-state index contributed by atoms with van der Waals surface area (Å²) in [6.45, 7) is 4.75. The number of likely N-dealkylation sites (N-methyl/N-ethyl adjacent to an activating group) is 1. The molecule has 55 heavy (non-hydrogen) atoms. The van der Waals surface area contributed by atoms with Gasteiger partial charge in [0.1, 0.15) is 13.2 Å². The van der Waals surface area contributed by atoms with E-state index in [0.717, 1.165) is 70.6 Å². The van der Waals surface area contributed by atoms with Crippen molar-refractivity contribution < 1.29 is 32.9 Å². The van der Waals surface area contributed by atoms with Gasteiger partial charge in [-0.2, -0.15) is 0 Å². The van der Waals surface area contributed by atoms with Crippen LogP contribution in [0.2, 0.25) is 0 Å². The van der Waals surface area contributed by atoms with Gasteiger partial charge in [-0.3, -0.25) is 13.8 Å². The van der Waals surface area contributed by atoms with Crippen molar-refractivity contribution in [2.45, 2.75) is 199 Å². The van der Waals surface area contributed by atoms with Crippen LogP contribution in [-0.2, 0) is 18.4 Å². The van der Waals surface area contributed by atoms with Crippen LogP contribution in [0.3, 0.4) is 0 Å². The maximum atomic E-state index is 12.9. The minimum Gasteiger partial charge on any atom is -0.391 e. The maximum absolute atomic E-state index is 12.9. The maximum Gasteiger partial charge on any atom is 0.472 e. The van der Waals surface area contributed by atoms with E-state index in [2.05, 4.69) is 67.8 Å². The molecule has 0 saturated heterocycles. The van der Waals surface area contributed by atoms with Crippen LogP contribution in [0.5, 0.6) is 0 Å². The Bertz CT molecular complexity index is 1040. The van der Waals surface area contributed by atoms with Gasteiger partial charge in [-0.05, 0) is 51.4 Å². The first-order valence-corrected chi connectivity index (χ1v) is 24.0. The number of carbonyl (C=O) groups is 1. The minimum absolute atomic E-state index is 0.0712. The second-order valence-electron chi connectivity index (χ2n) is 16.4. The third kappa shape index (κ3) is 40.5. The number of allylic oxidation sites excluding steroid dienone is 8. The highest BCUT2D eigenvalue weighted by atomic mass is 31.2. The molecule has 0 aliphatic heterocycles. The average Bonchev–Trinajstić information content (AvgIpc) is 3.13. The lowest BCUT2D eigenvalue weighted by atomic mass is 10.0. The monoisotopic (exact) mass is 796 g/mol. The van der Waals surface area contributed by atoms with Gasteiger partial charge in [-0.25, -0.2) is 4.57 Å². The summed E-state index contributed by atoms with van der Waals surface area (Å²) in [4.78, 5) is 23.1. The molecule has 0 fully saturated rings. The molecule has 0 radical (unpaired) electrons. The zero-order valence-corrected chi connectivity index (χ0v) is 37.3. The molecular weight excluding hydrogens is 707 g/mol. The third-order valence-corrected chi connectivity index (χ3v) is 10.8. The molecule has 0 spiro atoms. The van der Waals surface area contributed by atoms with Gasteiger partial charge in [0.05, 0.1) is 39.9 Å². The standard InChI is InChI=1S/C46H87N2O6P/c1-6-8-10-12-14-16-18-20-21-22-23-24-25-26-27-28-30-32-34-36-38-40-46(50)47-44(43-54-55(51,52)53-42-41-48(3,4)5)45(49)39-37-35-33-31-29-19-17-15-13-11-9-7-2/h8,10,14,16,20-21,23-24,44-45,49H,6-7,9,11-13,15,17-19,22,25-43H2,1-5H3,(H-,47,50,51,52)/p+1/b10-8-,16-14-,21-20-,24-23-. The normalized spacial score (nSPS) is 14.8. The van der Waals surface area contributed by atoms with Gasteiger partial charge in [0, 0.05) is 6.42 Å². The molecule has 3 N–H and O–H groups in total. The number of hydrogen-bond acceptors (Lipinski definition) is 5. The zero-order valence-electron chi connectivity index (χ0n) is 36.4. The van der Waals surface area contributed by atoms with Gasteiger partial charge in [-0.15, -0.1) is 0 Å². The predicted octanol–water partition coefficient (Wildman–Crippen LogP) is 12.5. The Balaban J connectivity index is 4.32. The summed E-state index contributed by atoms with van der Waals surface area (Å²) in [7, 11) is 1.60. The first-order chi connectivity index (χ1) is 26.5. The summed E-state index contributed by atoms with van der Waals surface area (Å²) >= 11 is 0. The third-order valence-electron chi connectivity index (χ3n) is 9.84. The molecule has 8 nitrogen and oxygen atoms in total. The number of phosphoric acid groups is 1. The van der Waals surface area contributed by atoms with E-state index in [9.17, 15) is 19.4 Å². The molecule has 3 atom stereocenters. The zero-order chi connectivity index (χ0) is 40.7. The Morgan fingerprint density at radius 1 is 0.636 bits per heavy atom. The van der Waals surface area contributed by atoms with Crippen LogP contribution in [0.1, 0.15) is 187 Å². The van der Waals surface area contributed by atoms with Crippen LogP contribution in [-0.4, -0.2) is 73.4 Å². The number of rotatable bonds is 40. The number of nitrogens with one attached hydrogen (secondary N) is 1. The van der Waals surface area contributed by atoms with Crippen molar-refractivity contribution in [1.82, 2.24) is 5.32 Å². The van der Waals surface area contributed by atoms with Crippen LogP contribution in [0, 0.1) is 0 Å². The van der Waals surface area contributed by atoms with Crippen LogP contribution < -0.4 is 5.32 Å². The SMILES string of the molecule is CC/C=C\C/C=C\C/C=C\C/C=C\CCCCCCCCCCC(=O)NC(COP(=O)(O)OCC[N+](C)(C)C)C(O)CCCCCCCCCCCCCC. The highest BCUT2D eigenvalue weighted by Gasteiger charge is 2.28. The fraction of sp³-hybridized carbons (Fsp3) is 0.804. The molecule has 0 rings (SSSR count). The van der Waals surface area contributed by atoms with E-state index < -0.39 is 20.0 Å². The van der Waals surface area contributed by atoms with Gasteiger partial charge in [-0.1, -0.05) is 178 Å². The van der Waals surface area contributed by atoms with Gasteiger partial charge in [0.15, 0.2) is 0 Å². The minimum atomic E-state index is -4.31. The predicted molar refractivity (Wildman–Crippen MR) is 235 cm³/mol. The van der Waals surface area contributed by atoms with Gasteiger partial charge >= 0.3 is 7.82 Å². The van der Waals surface area contributed by atoms with Crippen LogP contribution >= 0.6 is 7.82 Å². The molecule has 0 aliphatic carbocycles. The highest BCUT2D eigenvalue weighted by Crippen LogP contribution is 2.43. The quantitative estimate of drug-likeness (QED) is 0.0247. The lowest BCUT2D eigenvalue weighted by molar-refractivity contribution is -0.870. The topological polar surface area (TPSA) is 105 Å². The van der Waals surface area contributed by atoms with Crippen molar-refractivity contribution >= 4 is 13.7 Å². The summed E-state index contributed by atoms with van der Waals surface area (Å²) in [6, 6.07) is -0.764. The van der Waals surface area contributed by atoms with Gasteiger partial charge in [0.25, 0.3) is 0 Å². The van der Waals surface area contributed by atoms with E-state index in [1.807, 2.05) is 21.1 Å². The molecule has 0 aromatic heterocycles. The lowest BCUT2D eigenvalue weighted by Gasteiger charge is -2.26. The molecule has 0 bridgehead atoms. The van der Waals surface area contributed by atoms with Crippen molar-refractivity contribution in [3.05, 3.63) is 48.6 Å². The van der Waals surface area contributed by atoms with Crippen LogP contribution in [0.25, 0.3) is 0 Å². The number of amides is 1. The molecule has 0 aliphatic rings. The van der Waals surface area contributed by atoms with E-state index in [-0.39, 0.29) is 19.1 Å². The molecule has 0 saturated carbocycles. The van der Waals surface area contributed by atoms with Crippen LogP contribution in [0.15, 0.2) is 48.6 Å². The number of carbonyl (C=O) groups excluding carboxylic acids is 1. The first-order valence-electron chi connectivity index (χ1n) is 22.5. The van der Waals surface area contributed by atoms with Crippen LogP contribution in [0.4, 0.5) is 0 Å². The Morgan fingerprint density at radius 3 is 1.60 bits per heavy atom. The lowest BCUT2D eigenvalue weighted by Crippen LogP contribution is -2.46. The van der Waals surface area contributed by atoms with Crippen molar-refractivity contribution in [3.8, 4) is 0 Å². The fourth-order valence-electron chi connectivity index (χ4n) is 6.27. The number of quaternary nitrogens is 1. The summed E-state index contributed by atoms with van der Waals surface area (Å²) in [5, 5.41) is 13.9. The van der Waals surface area contributed by atoms with Gasteiger partial charge in [0.2, 0.25) is 5.91 Å². The van der Waals surface area contributed by atoms with Crippen molar-refractivity contribution in [2.24, 2.45) is 0 Å². The van der Waals surface area contributed by atoms with Gasteiger partial charge < -0.3 is 19.8 Å². The van der Waals surface area contributed by atoms with E-state index in [0.29, 0.717) is 23.9 Å². The van der Waals surface area contributed by atoms with Crippen molar-refractivity contribution in [2.75, 3.05) is 40.9 Å². The van der Waals surface area contributed by atoms with E-state index in [4.69, 9.17) is 9.05 Å². The largest absolute Gasteiger partial charge is 0.472 e. The van der Waals surface area contributed by atoms with E-state index >= 15 is 0 Å². The molecule has 0 heterocycles. The Hall–Kier alpha value is -1.54. The molecule has 1 amide bonds. The second-order valence-corrected chi connectivity index (χ2v) is 17.9. The summed E-state index contributed by atoms with van der Waals surface area (Å²) < 4.78 is 23.6. The number of nitrogens with zero attached hydrogens (tertiary/aromatic N) is 1. The number of aliphatic hydroxyl groups excluding tert-OH is 1. The molecule has 9 heteroatoms. The Morgan fingerprint density at radius 2 is 1.09 bits per heavy atom. The molecule has 0 aromatic carbocycles. The Kier molecular flexibility index (Phi) is 36.9. The first kappa shape index (κ1) is 53.5. The smallest absolute Gasteiger partial charge is 0.391 e. The fourth-order valence-corrected chi connectivity index (χ4v) is 7.01. The number of hydrogen-bond donors (Lipinski definition) is 3. The molecule has 322 valence electrons. The molecule has 3 unspecified atom stereocenters. The number of unbranched alkanes of at least 4 members (excludes halogenated alkanes) is 19. The Labute approximate surface area is 339 Å². The van der Waals surface area contributed by atoms with E-state index in [1.165, 1.54) is 89.9 Å². The number of phosphoric ester groups is 1. The summed E-state index contributed by atoms with van der Waals surface area (Å²) in [5.74, 6) is -0.156. The molecular formula is C46H88N2O6P+. The number of aliphatic hydroxyl groups is 1. The second kappa shape index (κ2) is 38.0. The highest BCUT2D eigenvalue weighted by molar-refractivity contribution is 7.47.